The monoisotopic (exact) mass is 392 g/mol. The molecule has 4 rings (SSSR count). The second-order valence-corrected chi connectivity index (χ2v) is 8.52. The molecular formula is C21H26F2N2O3. The molecule has 1 aromatic rings. The van der Waals surface area contributed by atoms with Crippen molar-refractivity contribution in [3.8, 4) is 0 Å². The SMILES string of the molecule is O=C(NC1CCC(F)(F)CC1)c1cccc([C@@H]2C[C@H]2N(CC2CC2)C(=O)O)c1. The summed E-state index contributed by atoms with van der Waals surface area (Å²) in [7, 11) is 0. The summed E-state index contributed by atoms with van der Waals surface area (Å²) in [5, 5.41) is 12.4. The number of alkyl halides is 2. The van der Waals surface area contributed by atoms with E-state index in [0.717, 1.165) is 24.8 Å². The van der Waals surface area contributed by atoms with Crippen LogP contribution >= 0.6 is 0 Å². The van der Waals surface area contributed by atoms with Gasteiger partial charge in [0, 0.05) is 43.0 Å². The number of hydrogen-bond acceptors (Lipinski definition) is 2. The molecular weight excluding hydrogens is 366 g/mol. The zero-order valence-corrected chi connectivity index (χ0v) is 15.7. The van der Waals surface area contributed by atoms with Crippen molar-refractivity contribution in [1.29, 1.82) is 0 Å². The van der Waals surface area contributed by atoms with Gasteiger partial charge in [0.2, 0.25) is 5.92 Å². The third-order valence-electron chi connectivity index (χ3n) is 6.18. The number of amides is 2. The Bertz CT molecular complexity index is 756. The molecule has 0 aliphatic heterocycles. The summed E-state index contributed by atoms with van der Waals surface area (Å²) in [4.78, 5) is 25.7. The number of carbonyl (C=O) groups excluding carboxylic acids is 1. The highest BCUT2D eigenvalue weighted by Gasteiger charge is 2.46. The molecule has 0 aromatic heterocycles. The van der Waals surface area contributed by atoms with Crippen molar-refractivity contribution in [3.05, 3.63) is 35.4 Å². The molecule has 2 atom stereocenters. The first-order valence-corrected chi connectivity index (χ1v) is 10.1. The van der Waals surface area contributed by atoms with Crippen LogP contribution in [0.3, 0.4) is 0 Å². The Morgan fingerprint density at radius 2 is 1.89 bits per heavy atom. The maximum Gasteiger partial charge on any atom is 0.407 e. The lowest BCUT2D eigenvalue weighted by Gasteiger charge is -2.28. The minimum atomic E-state index is -2.61. The van der Waals surface area contributed by atoms with Gasteiger partial charge in [0.15, 0.2) is 0 Å². The lowest BCUT2D eigenvalue weighted by Crippen LogP contribution is -2.40. The van der Waals surface area contributed by atoms with Crippen molar-refractivity contribution in [2.75, 3.05) is 6.54 Å². The molecule has 0 unspecified atom stereocenters. The standard InChI is InChI=1S/C21H26F2N2O3/c22-21(23)8-6-16(7-9-21)24-19(26)15-3-1-2-14(10-15)17-11-18(17)25(20(27)28)12-13-4-5-13/h1-3,10,13,16-18H,4-9,11-12H2,(H,24,26)(H,27,28)/t17-,18+/m0/s1. The number of rotatable bonds is 6. The van der Waals surface area contributed by atoms with Crippen LogP contribution in [0.5, 0.6) is 0 Å². The minimum absolute atomic E-state index is 0.0167. The summed E-state index contributed by atoms with van der Waals surface area (Å²) in [6, 6.07) is 7.03. The summed E-state index contributed by atoms with van der Waals surface area (Å²) in [5.74, 6) is -2.24. The van der Waals surface area contributed by atoms with E-state index in [9.17, 15) is 23.5 Å². The number of nitrogens with zero attached hydrogens (tertiary/aromatic N) is 1. The molecule has 3 aliphatic rings. The van der Waals surface area contributed by atoms with Crippen LogP contribution in [-0.4, -0.2) is 46.6 Å². The van der Waals surface area contributed by atoms with Gasteiger partial charge in [0.1, 0.15) is 0 Å². The molecule has 3 fully saturated rings. The van der Waals surface area contributed by atoms with Gasteiger partial charge in [0.25, 0.3) is 5.91 Å². The molecule has 1 aromatic carbocycles. The zero-order chi connectivity index (χ0) is 19.9. The topological polar surface area (TPSA) is 69.6 Å². The normalized spacial score (nSPS) is 26.5. The molecule has 28 heavy (non-hydrogen) atoms. The second kappa shape index (κ2) is 7.33. The predicted octanol–water partition coefficient (Wildman–Crippen LogP) is 4.24. The summed E-state index contributed by atoms with van der Waals surface area (Å²) < 4.78 is 26.5. The number of nitrogens with one attached hydrogen (secondary N) is 1. The van der Waals surface area contributed by atoms with Crippen molar-refractivity contribution in [3.63, 3.8) is 0 Å². The number of halogens is 2. The smallest absolute Gasteiger partial charge is 0.407 e. The van der Waals surface area contributed by atoms with Crippen LogP contribution in [0.1, 0.15) is 66.8 Å². The summed E-state index contributed by atoms with van der Waals surface area (Å²) in [6.07, 6.45) is 2.31. The molecule has 0 radical (unpaired) electrons. The number of carbonyl (C=O) groups is 2. The Balaban J connectivity index is 1.37. The van der Waals surface area contributed by atoms with E-state index in [1.807, 2.05) is 12.1 Å². The Morgan fingerprint density at radius 1 is 1.18 bits per heavy atom. The van der Waals surface area contributed by atoms with Crippen LogP contribution in [0.15, 0.2) is 24.3 Å². The van der Waals surface area contributed by atoms with Crippen LogP contribution in [0, 0.1) is 5.92 Å². The largest absolute Gasteiger partial charge is 0.465 e. The van der Waals surface area contributed by atoms with Crippen LogP contribution in [0.25, 0.3) is 0 Å². The van der Waals surface area contributed by atoms with E-state index in [1.54, 1.807) is 17.0 Å². The molecule has 0 spiro atoms. The molecule has 5 nitrogen and oxygen atoms in total. The lowest BCUT2D eigenvalue weighted by atomic mass is 9.92. The van der Waals surface area contributed by atoms with Gasteiger partial charge < -0.3 is 15.3 Å². The summed E-state index contributed by atoms with van der Waals surface area (Å²) in [6.45, 7) is 0.600. The Kier molecular flexibility index (Phi) is 5.02. The highest BCUT2D eigenvalue weighted by molar-refractivity contribution is 5.94. The number of benzene rings is 1. The second-order valence-electron chi connectivity index (χ2n) is 8.52. The predicted molar refractivity (Wildman–Crippen MR) is 99.7 cm³/mol. The van der Waals surface area contributed by atoms with E-state index in [-0.39, 0.29) is 49.6 Å². The van der Waals surface area contributed by atoms with Crippen molar-refractivity contribution in [2.45, 2.75) is 68.9 Å². The fourth-order valence-corrected chi connectivity index (χ4v) is 4.18. The van der Waals surface area contributed by atoms with E-state index < -0.39 is 12.0 Å². The van der Waals surface area contributed by atoms with Gasteiger partial charge in [-0.3, -0.25) is 4.79 Å². The van der Waals surface area contributed by atoms with E-state index in [0.29, 0.717) is 18.0 Å². The molecule has 2 amide bonds. The maximum absolute atomic E-state index is 13.3. The number of carboxylic acid groups (broad SMARTS) is 1. The zero-order valence-electron chi connectivity index (χ0n) is 15.7. The average molecular weight is 392 g/mol. The Hall–Kier alpha value is -2.18. The highest BCUT2D eigenvalue weighted by atomic mass is 19.3. The molecule has 2 N–H and O–H groups in total. The van der Waals surface area contributed by atoms with E-state index in [4.69, 9.17) is 0 Å². The van der Waals surface area contributed by atoms with Gasteiger partial charge in [0.05, 0.1) is 0 Å². The molecule has 3 saturated carbocycles. The van der Waals surface area contributed by atoms with Crippen LogP contribution in [0.4, 0.5) is 13.6 Å². The summed E-state index contributed by atoms with van der Waals surface area (Å²) in [5.41, 5.74) is 1.47. The van der Waals surface area contributed by atoms with Crippen LogP contribution < -0.4 is 5.32 Å². The fourth-order valence-electron chi connectivity index (χ4n) is 4.18. The summed E-state index contributed by atoms with van der Waals surface area (Å²) >= 11 is 0. The van der Waals surface area contributed by atoms with Gasteiger partial charge in [-0.15, -0.1) is 0 Å². The van der Waals surface area contributed by atoms with Crippen molar-refractivity contribution >= 4 is 12.0 Å². The molecule has 0 saturated heterocycles. The third kappa shape index (κ3) is 4.45. The molecule has 0 heterocycles. The Morgan fingerprint density at radius 3 is 2.54 bits per heavy atom. The minimum Gasteiger partial charge on any atom is -0.465 e. The highest BCUT2D eigenvalue weighted by Crippen LogP contribution is 2.46. The average Bonchev–Trinajstić information content (AvgIpc) is 3.56. The van der Waals surface area contributed by atoms with Crippen molar-refractivity contribution in [2.24, 2.45) is 5.92 Å². The van der Waals surface area contributed by atoms with Crippen molar-refractivity contribution < 1.29 is 23.5 Å². The first-order valence-electron chi connectivity index (χ1n) is 10.1. The first-order chi connectivity index (χ1) is 13.3. The van der Waals surface area contributed by atoms with Crippen LogP contribution in [-0.2, 0) is 0 Å². The molecule has 3 aliphatic carbocycles. The van der Waals surface area contributed by atoms with Crippen LogP contribution in [0.2, 0.25) is 0 Å². The van der Waals surface area contributed by atoms with E-state index in [2.05, 4.69) is 5.32 Å². The van der Waals surface area contributed by atoms with Gasteiger partial charge in [-0.2, -0.15) is 0 Å². The van der Waals surface area contributed by atoms with Crippen molar-refractivity contribution in [1.82, 2.24) is 10.2 Å². The first kappa shape index (κ1) is 19.2. The van der Waals surface area contributed by atoms with Gasteiger partial charge in [-0.1, -0.05) is 12.1 Å². The fraction of sp³-hybridized carbons (Fsp3) is 0.619. The van der Waals surface area contributed by atoms with Gasteiger partial charge >= 0.3 is 6.09 Å². The molecule has 0 bridgehead atoms. The quantitative estimate of drug-likeness (QED) is 0.761. The lowest BCUT2D eigenvalue weighted by molar-refractivity contribution is -0.0399. The third-order valence-corrected chi connectivity index (χ3v) is 6.18. The maximum atomic E-state index is 13.3. The van der Waals surface area contributed by atoms with E-state index in [1.165, 1.54) is 0 Å². The number of hydrogen-bond donors (Lipinski definition) is 2. The van der Waals surface area contributed by atoms with E-state index >= 15 is 0 Å². The Labute approximate surface area is 163 Å². The van der Waals surface area contributed by atoms with Gasteiger partial charge in [-0.05, 0) is 55.7 Å². The molecule has 7 heteroatoms. The van der Waals surface area contributed by atoms with Gasteiger partial charge in [-0.25, -0.2) is 13.6 Å². The molecule has 152 valence electrons.